The molecule has 0 saturated carbocycles. The van der Waals surface area contributed by atoms with E-state index in [1.807, 2.05) is 49.4 Å². The van der Waals surface area contributed by atoms with Crippen LogP contribution in [0.25, 0.3) is 6.08 Å². The van der Waals surface area contributed by atoms with Crippen molar-refractivity contribution in [1.29, 1.82) is 0 Å². The molecule has 0 spiro atoms. The van der Waals surface area contributed by atoms with Gasteiger partial charge in [0.25, 0.3) is 5.91 Å². The number of aliphatic imine (C=N–C) groups is 1. The van der Waals surface area contributed by atoms with Crippen LogP contribution in [0.2, 0.25) is 5.02 Å². The lowest BCUT2D eigenvalue weighted by atomic mass is 10.1. The highest BCUT2D eigenvalue weighted by Crippen LogP contribution is 2.22. The zero-order chi connectivity index (χ0) is 17.8. The van der Waals surface area contributed by atoms with Gasteiger partial charge >= 0.3 is 0 Å². The summed E-state index contributed by atoms with van der Waals surface area (Å²) in [6, 6.07) is 13.5. The van der Waals surface area contributed by atoms with E-state index in [0.29, 0.717) is 18.0 Å². The van der Waals surface area contributed by atoms with Crippen LogP contribution in [-0.2, 0) is 11.2 Å². The molecule has 2 aromatic carbocycles. The first-order chi connectivity index (χ1) is 12.1. The second-order valence-electron chi connectivity index (χ2n) is 5.86. The standard InChI is InChI=1S/C20H19ClN2O2/c1-13-11-14(7-9-18(13)25-2)12-17-20(24)23-19(22-17)10-8-15-5-3-4-6-16(15)21/h3-7,9,11-12H,8,10H2,1-2H3,(H,22,23,24)/b17-12+. The van der Waals surface area contributed by atoms with Gasteiger partial charge in [-0.1, -0.05) is 35.9 Å². The molecule has 1 aliphatic rings. The Bertz CT molecular complexity index is 872. The average molecular weight is 355 g/mol. The summed E-state index contributed by atoms with van der Waals surface area (Å²) in [5, 5.41) is 3.56. The molecule has 0 unspecified atom stereocenters. The Hall–Kier alpha value is -2.59. The predicted octanol–water partition coefficient (Wildman–Crippen LogP) is 4.16. The third-order valence-corrected chi connectivity index (χ3v) is 4.43. The van der Waals surface area contributed by atoms with Gasteiger partial charge in [0.1, 0.15) is 17.3 Å². The molecular weight excluding hydrogens is 336 g/mol. The first-order valence-corrected chi connectivity index (χ1v) is 8.43. The van der Waals surface area contributed by atoms with Crippen molar-refractivity contribution in [2.24, 2.45) is 4.99 Å². The molecule has 25 heavy (non-hydrogen) atoms. The number of rotatable bonds is 5. The number of benzene rings is 2. The van der Waals surface area contributed by atoms with Gasteiger partial charge in [-0.15, -0.1) is 0 Å². The van der Waals surface area contributed by atoms with Crippen LogP contribution in [0.5, 0.6) is 5.75 Å². The molecule has 1 aliphatic heterocycles. The monoisotopic (exact) mass is 354 g/mol. The van der Waals surface area contributed by atoms with E-state index in [4.69, 9.17) is 16.3 Å². The van der Waals surface area contributed by atoms with Crippen molar-refractivity contribution in [2.75, 3.05) is 7.11 Å². The number of amides is 1. The van der Waals surface area contributed by atoms with Crippen LogP contribution >= 0.6 is 11.6 Å². The summed E-state index contributed by atoms with van der Waals surface area (Å²) in [7, 11) is 1.64. The molecule has 2 aromatic rings. The Kier molecular flexibility index (Phi) is 5.19. The van der Waals surface area contributed by atoms with Crippen molar-refractivity contribution in [3.63, 3.8) is 0 Å². The molecular formula is C20H19ClN2O2. The summed E-state index contributed by atoms with van der Waals surface area (Å²) >= 11 is 6.17. The molecule has 0 aromatic heterocycles. The van der Waals surface area contributed by atoms with Gasteiger partial charge in [0.05, 0.1) is 7.11 Å². The number of hydrogen-bond donors (Lipinski definition) is 1. The normalized spacial score (nSPS) is 15.2. The summed E-state index contributed by atoms with van der Waals surface area (Å²) in [6.45, 7) is 1.97. The predicted molar refractivity (Wildman–Crippen MR) is 101 cm³/mol. The van der Waals surface area contributed by atoms with E-state index >= 15 is 0 Å². The fourth-order valence-corrected chi connectivity index (χ4v) is 2.97. The quantitative estimate of drug-likeness (QED) is 0.820. The van der Waals surface area contributed by atoms with Gasteiger partial charge in [-0.05, 0) is 54.3 Å². The maximum Gasteiger partial charge on any atom is 0.275 e. The number of carbonyl (C=O) groups is 1. The number of amidine groups is 1. The van der Waals surface area contributed by atoms with E-state index < -0.39 is 0 Å². The van der Waals surface area contributed by atoms with Crippen LogP contribution < -0.4 is 10.1 Å². The molecule has 0 saturated heterocycles. The van der Waals surface area contributed by atoms with Gasteiger partial charge in [-0.25, -0.2) is 4.99 Å². The van der Waals surface area contributed by atoms with E-state index in [1.165, 1.54) is 0 Å². The highest BCUT2D eigenvalue weighted by molar-refractivity contribution is 6.31. The van der Waals surface area contributed by atoms with Crippen molar-refractivity contribution < 1.29 is 9.53 Å². The summed E-state index contributed by atoms with van der Waals surface area (Å²) in [6.07, 6.45) is 3.15. The van der Waals surface area contributed by atoms with E-state index in [0.717, 1.165) is 33.9 Å². The summed E-state index contributed by atoms with van der Waals surface area (Å²) in [4.78, 5) is 16.6. The smallest absolute Gasteiger partial charge is 0.275 e. The molecule has 0 fully saturated rings. The van der Waals surface area contributed by atoms with E-state index in [9.17, 15) is 4.79 Å². The van der Waals surface area contributed by atoms with Gasteiger partial charge in [-0.2, -0.15) is 0 Å². The van der Waals surface area contributed by atoms with Gasteiger partial charge in [0.2, 0.25) is 0 Å². The highest BCUT2D eigenvalue weighted by atomic mass is 35.5. The largest absolute Gasteiger partial charge is 0.496 e. The second kappa shape index (κ2) is 7.53. The van der Waals surface area contributed by atoms with Gasteiger partial charge < -0.3 is 10.1 Å². The number of methoxy groups -OCH3 is 1. The minimum Gasteiger partial charge on any atom is -0.496 e. The molecule has 0 radical (unpaired) electrons. The zero-order valence-corrected chi connectivity index (χ0v) is 14.9. The van der Waals surface area contributed by atoms with Crippen LogP contribution in [0.1, 0.15) is 23.1 Å². The Labute approximate surface area is 152 Å². The molecule has 1 amide bonds. The molecule has 0 aliphatic carbocycles. The number of ether oxygens (including phenoxy) is 1. The molecule has 5 heteroatoms. The lowest BCUT2D eigenvalue weighted by Crippen LogP contribution is -2.24. The van der Waals surface area contributed by atoms with Gasteiger partial charge in [-0.3, -0.25) is 4.79 Å². The minimum absolute atomic E-state index is 0.178. The van der Waals surface area contributed by atoms with Crippen LogP contribution in [0.15, 0.2) is 53.2 Å². The van der Waals surface area contributed by atoms with Crippen molar-refractivity contribution in [1.82, 2.24) is 5.32 Å². The van der Waals surface area contributed by atoms with E-state index in [2.05, 4.69) is 10.3 Å². The fourth-order valence-electron chi connectivity index (χ4n) is 2.74. The second-order valence-corrected chi connectivity index (χ2v) is 6.27. The van der Waals surface area contributed by atoms with Crippen molar-refractivity contribution in [3.8, 4) is 5.75 Å². The molecule has 1 N–H and O–H groups in total. The number of nitrogens with one attached hydrogen (secondary N) is 1. The Balaban J connectivity index is 1.73. The Morgan fingerprint density at radius 3 is 2.72 bits per heavy atom. The van der Waals surface area contributed by atoms with Crippen molar-refractivity contribution in [3.05, 3.63) is 69.9 Å². The van der Waals surface area contributed by atoms with E-state index in [-0.39, 0.29) is 5.91 Å². The fraction of sp³-hybridized carbons (Fsp3) is 0.200. The third-order valence-electron chi connectivity index (χ3n) is 4.06. The van der Waals surface area contributed by atoms with Crippen LogP contribution in [0, 0.1) is 6.92 Å². The Morgan fingerprint density at radius 2 is 2.00 bits per heavy atom. The zero-order valence-electron chi connectivity index (χ0n) is 14.2. The SMILES string of the molecule is COc1ccc(/C=C2/N=C(CCc3ccccc3Cl)NC2=O)cc1C. The van der Waals surface area contributed by atoms with Crippen LogP contribution in [0.3, 0.4) is 0 Å². The summed E-state index contributed by atoms with van der Waals surface area (Å²) < 4.78 is 5.25. The number of nitrogens with zero attached hydrogens (tertiary/aromatic N) is 1. The topological polar surface area (TPSA) is 50.7 Å². The number of carbonyl (C=O) groups excluding carboxylic acids is 1. The molecule has 3 rings (SSSR count). The first kappa shape index (κ1) is 17.2. The Morgan fingerprint density at radius 1 is 1.20 bits per heavy atom. The minimum atomic E-state index is -0.178. The number of halogens is 1. The number of hydrogen-bond acceptors (Lipinski definition) is 3. The lowest BCUT2D eigenvalue weighted by molar-refractivity contribution is -0.115. The maximum atomic E-state index is 12.1. The maximum absolute atomic E-state index is 12.1. The molecule has 128 valence electrons. The summed E-state index contributed by atoms with van der Waals surface area (Å²) in [5.74, 6) is 1.31. The van der Waals surface area contributed by atoms with Crippen molar-refractivity contribution in [2.45, 2.75) is 19.8 Å². The summed E-state index contributed by atoms with van der Waals surface area (Å²) in [5.41, 5.74) is 3.39. The highest BCUT2D eigenvalue weighted by Gasteiger charge is 2.19. The molecule has 4 nitrogen and oxygen atoms in total. The average Bonchev–Trinajstić information content (AvgIpc) is 2.94. The van der Waals surface area contributed by atoms with Crippen molar-refractivity contribution >= 4 is 29.4 Å². The molecule has 1 heterocycles. The lowest BCUT2D eigenvalue weighted by Gasteiger charge is -2.04. The van der Waals surface area contributed by atoms with Crippen LogP contribution in [0.4, 0.5) is 0 Å². The van der Waals surface area contributed by atoms with Gasteiger partial charge in [0.15, 0.2) is 0 Å². The number of aryl methyl sites for hydroxylation is 2. The molecule has 0 atom stereocenters. The first-order valence-electron chi connectivity index (χ1n) is 8.05. The third kappa shape index (κ3) is 4.09. The van der Waals surface area contributed by atoms with Crippen LogP contribution in [-0.4, -0.2) is 18.9 Å². The van der Waals surface area contributed by atoms with Gasteiger partial charge in [0, 0.05) is 11.4 Å². The van der Waals surface area contributed by atoms with E-state index in [1.54, 1.807) is 13.2 Å². The molecule has 0 bridgehead atoms.